The van der Waals surface area contributed by atoms with E-state index < -0.39 is 0 Å². The molecule has 2 aromatic heterocycles. The van der Waals surface area contributed by atoms with Crippen LogP contribution >= 0.6 is 11.3 Å². The van der Waals surface area contributed by atoms with Crippen LogP contribution < -0.4 is 4.74 Å². The molecule has 1 aromatic carbocycles. The van der Waals surface area contributed by atoms with Gasteiger partial charge < -0.3 is 9.64 Å². The number of aryl methyl sites for hydroxylation is 1. The number of amides is 1. The molecule has 1 saturated carbocycles. The monoisotopic (exact) mass is 438 g/mol. The Morgan fingerprint density at radius 1 is 1.26 bits per heavy atom. The molecule has 2 aliphatic heterocycles. The van der Waals surface area contributed by atoms with E-state index in [4.69, 9.17) is 4.74 Å². The second kappa shape index (κ2) is 8.00. The summed E-state index contributed by atoms with van der Waals surface area (Å²) in [5.74, 6) is 1.14. The van der Waals surface area contributed by atoms with Crippen molar-refractivity contribution in [2.24, 2.45) is 11.8 Å². The lowest BCUT2D eigenvalue weighted by molar-refractivity contribution is -0.0672. The summed E-state index contributed by atoms with van der Waals surface area (Å²) in [6.07, 6.45) is 6.93. The third kappa shape index (κ3) is 3.69. The number of ether oxygens (including phenoxy) is 1. The highest BCUT2D eigenvalue weighted by atomic mass is 32.1. The Kier molecular flexibility index (Phi) is 5.17. The molecule has 3 aliphatic rings. The van der Waals surface area contributed by atoms with Crippen LogP contribution in [0.5, 0.6) is 5.75 Å². The zero-order valence-electron chi connectivity index (χ0n) is 17.4. The van der Waals surface area contributed by atoms with Gasteiger partial charge in [0, 0.05) is 18.4 Å². The third-order valence-corrected chi connectivity index (χ3v) is 7.45. The Bertz CT molecular complexity index is 1080. The zero-order chi connectivity index (χ0) is 21.5. The number of benzene rings is 1. The minimum absolute atomic E-state index is 0.0632. The van der Waals surface area contributed by atoms with Crippen molar-refractivity contribution in [1.82, 2.24) is 19.9 Å². The molecule has 1 unspecified atom stereocenters. The SMILES string of the molecule is Cc1nc(C(=O)N2C3CC(C3)[C@@H](C)C2COc2ccc(F)cc2)c(-c2cnccn2)s1. The molecule has 2 bridgehead atoms. The van der Waals surface area contributed by atoms with Crippen LogP contribution in [0.15, 0.2) is 42.9 Å². The second-order valence-electron chi connectivity index (χ2n) is 8.29. The summed E-state index contributed by atoms with van der Waals surface area (Å²) in [7, 11) is 0. The van der Waals surface area contributed by atoms with Crippen LogP contribution in [-0.2, 0) is 0 Å². The average Bonchev–Trinajstić information content (AvgIpc) is 3.14. The molecule has 3 fully saturated rings. The van der Waals surface area contributed by atoms with Crippen LogP contribution in [0.4, 0.5) is 4.39 Å². The van der Waals surface area contributed by atoms with Gasteiger partial charge in [-0.15, -0.1) is 11.3 Å². The van der Waals surface area contributed by atoms with E-state index in [9.17, 15) is 9.18 Å². The minimum Gasteiger partial charge on any atom is -0.491 e. The first-order valence-corrected chi connectivity index (χ1v) is 11.3. The van der Waals surface area contributed by atoms with Gasteiger partial charge in [-0.25, -0.2) is 9.37 Å². The number of fused-ring (bicyclic) bond motifs is 2. The lowest BCUT2D eigenvalue weighted by Crippen LogP contribution is -2.64. The number of hydrogen-bond donors (Lipinski definition) is 0. The molecule has 1 amide bonds. The second-order valence-corrected chi connectivity index (χ2v) is 9.49. The molecular weight excluding hydrogens is 415 g/mol. The van der Waals surface area contributed by atoms with E-state index in [-0.39, 0.29) is 23.8 Å². The maximum atomic E-state index is 13.8. The highest BCUT2D eigenvalue weighted by Gasteiger charge is 2.51. The number of nitrogens with zero attached hydrogens (tertiary/aromatic N) is 4. The van der Waals surface area contributed by atoms with Crippen molar-refractivity contribution in [2.45, 2.75) is 38.8 Å². The van der Waals surface area contributed by atoms with E-state index in [1.54, 1.807) is 30.7 Å². The van der Waals surface area contributed by atoms with Crippen molar-refractivity contribution in [3.05, 3.63) is 59.4 Å². The van der Waals surface area contributed by atoms with Gasteiger partial charge in [0.05, 0.1) is 22.1 Å². The number of halogens is 1. The largest absolute Gasteiger partial charge is 0.491 e. The van der Waals surface area contributed by atoms with Crippen LogP contribution in [0.25, 0.3) is 10.6 Å². The first-order valence-electron chi connectivity index (χ1n) is 10.5. The zero-order valence-corrected chi connectivity index (χ0v) is 18.2. The molecule has 31 heavy (non-hydrogen) atoms. The number of carbonyl (C=O) groups excluding carboxylic acids is 1. The summed E-state index contributed by atoms with van der Waals surface area (Å²) in [5, 5.41) is 0.819. The van der Waals surface area contributed by atoms with E-state index >= 15 is 0 Å². The van der Waals surface area contributed by atoms with E-state index in [0.29, 0.717) is 35.6 Å². The standard InChI is InChI=1S/C23H23FN4O2S/c1-13-15-9-17(10-15)28(20(13)12-30-18-5-3-16(24)4-6-18)23(29)21-22(31-14(2)27-21)19-11-25-7-8-26-19/h3-8,11,13,15,17,20H,9-10,12H2,1-2H3/t13-,15?,17?,20?/m1/s1. The van der Waals surface area contributed by atoms with E-state index in [1.165, 1.54) is 23.5 Å². The summed E-state index contributed by atoms with van der Waals surface area (Å²) in [6.45, 7) is 4.46. The van der Waals surface area contributed by atoms with Crippen LogP contribution in [0.3, 0.4) is 0 Å². The number of piperidine rings is 2. The molecule has 0 radical (unpaired) electrons. The van der Waals surface area contributed by atoms with Crippen molar-refractivity contribution in [2.75, 3.05) is 6.61 Å². The molecule has 6 rings (SSSR count). The summed E-state index contributed by atoms with van der Waals surface area (Å²) >= 11 is 1.46. The van der Waals surface area contributed by atoms with Crippen LogP contribution in [0.1, 0.15) is 35.3 Å². The minimum atomic E-state index is -0.299. The third-order valence-electron chi connectivity index (χ3n) is 6.45. The maximum Gasteiger partial charge on any atom is 0.274 e. The van der Waals surface area contributed by atoms with Crippen molar-refractivity contribution >= 4 is 17.2 Å². The normalized spacial score (nSPS) is 24.5. The van der Waals surface area contributed by atoms with Gasteiger partial charge in [0.1, 0.15) is 29.6 Å². The van der Waals surface area contributed by atoms with Gasteiger partial charge in [0.25, 0.3) is 5.91 Å². The van der Waals surface area contributed by atoms with Gasteiger partial charge in [0.2, 0.25) is 0 Å². The molecule has 1 aliphatic carbocycles. The molecule has 8 heteroatoms. The predicted molar refractivity (Wildman–Crippen MR) is 115 cm³/mol. The Hall–Kier alpha value is -2.87. The molecule has 6 nitrogen and oxygen atoms in total. The van der Waals surface area contributed by atoms with Crippen LogP contribution in [-0.4, -0.2) is 44.4 Å². The lowest BCUT2D eigenvalue weighted by atomic mass is 9.64. The molecule has 160 valence electrons. The van der Waals surface area contributed by atoms with E-state index in [2.05, 4.69) is 21.9 Å². The van der Waals surface area contributed by atoms with Crippen molar-refractivity contribution in [3.8, 4) is 16.3 Å². The highest BCUT2D eigenvalue weighted by Crippen LogP contribution is 2.47. The van der Waals surface area contributed by atoms with Crippen molar-refractivity contribution in [3.63, 3.8) is 0 Å². The first-order chi connectivity index (χ1) is 15.0. The molecule has 2 saturated heterocycles. The molecule has 2 atom stereocenters. The average molecular weight is 439 g/mol. The molecule has 0 N–H and O–H groups in total. The number of thiazole rings is 1. The lowest BCUT2D eigenvalue weighted by Gasteiger charge is -2.57. The fourth-order valence-electron chi connectivity index (χ4n) is 4.67. The maximum absolute atomic E-state index is 13.8. The summed E-state index contributed by atoms with van der Waals surface area (Å²) < 4.78 is 19.2. The van der Waals surface area contributed by atoms with Gasteiger partial charge in [-0.2, -0.15) is 0 Å². The van der Waals surface area contributed by atoms with Gasteiger partial charge in [0.15, 0.2) is 0 Å². The summed E-state index contributed by atoms with van der Waals surface area (Å²) in [4.78, 5) is 29.6. The Balaban J connectivity index is 1.43. The summed E-state index contributed by atoms with van der Waals surface area (Å²) in [6, 6.07) is 6.13. The van der Waals surface area contributed by atoms with Crippen molar-refractivity contribution < 1.29 is 13.9 Å². The molecular formula is C23H23FN4O2S. The van der Waals surface area contributed by atoms with Crippen molar-refractivity contribution in [1.29, 1.82) is 0 Å². The molecule has 3 aromatic rings. The van der Waals surface area contributed by atoms with Crippen LogP contribution in [0.2, 0.25) is 0 Å². The number of aromatic nitrogens is 3. The van der Waals surface area contributed by atoms with Gasteiger partial charge in [-0.3, -0.25) is 14.8 Å². The Morgan fingerprint density at radius 3 is 2.74 bits per heavy atom. The number of rotatable bonds is 5. The topological polar surface area (TPSA) is 68.2 Å². The number of carbonyl (C=O) groups is 1. The van der Waals surface area contributed by atoms with Gasteiger partial charge in [-0.1, -0.05) is 6.92 Å². The quantitative estimate of drug-likeness (QED) is 0.592. The fraction of sp³-hybridized carbons (Fsp3) is 0.391. The van der Waals surface area contributed by atoms with E-state index in [1.807, 2.05) is 11.8 Å². The van der Waals surface area contributed by atoms with Gasteiger partial charge in [-0.05, 0) is 55.9 Å². The number of hydrogen-bond acceptors (Lipinski definition) is 6. The van der Waals surface area contributed by atoms with Gasteiger partial charge >= 0.3 is 0 Å². The molecule has 0 spiro atoms. The smallest absolute Gasteiger partial charge is 0.274 e. The molecule has 4 heterocycles. The van der Waals surface area contributed by atoms with Crippen LogP contribution in [0, 0.1) is 24.6 Å². The fourth-order valence-corrected chi connectivity index (χ4v) is 5.54. The van der Waals surface area contributed by atoms with E-state index in [0.717, 1.165) is 22.7 Å². The highest BCUT2D eigenvalue weighted by molar-refractivity contribution is 7.15. The predicted octanol–water partition coefficient (Wildman–Crippen LogP) is 4.37. The first kappa shape index (κ1) is 20.1. The summed E-state index contributed by atoms with van der Waals surface area (Å²) in [5.41, 5.74) is 1.10. The Morgan fingerprint density at radius 2 is 2.03 bits per heavy atom. The Labute approximate surface area is 184 Å².